The zero-order valence-corrected chi connectivity index (χ0v) is 10.1. The van der Waals surface area contributed by atoms with Crippen molar-refractivity contribution in [2.24, 2.45) is 0 Å². The summed E-state index contributed by atoms with van der Waals surface area (Å²) in [6.07, 6.45) is 0. The van der Waals surface area contributed by atoms with Crippen molar-refractivity contribution in [2.75, 3.05) is 0 Å². The first-order chi connectivity index (χ1) is 0. The van der Waals surface area contributed by atoms with Crippen LogP contribution in [0.25, 0.3) is 0 Å². The van der Waals surface area contributed by atoms with Crippen molar-refractivity contribution in [2.45, 2.75) is 0 Å². The van der Waals surface area contributed by atoms with Crippen LogP contribution in [0.1, 0.15) is 2.85 Å². The van der Waals surface area contributed by atoms with Gasteiger partial charge in [0.25, 0.3) is 0 Å². The monoisotopic (exact) mass is 320 g/mol. The van der Waals surface area contributed by atoms with Crippen LogP contribution in [-0.2, 0) is 0 Å². The average Bonchev–Trinajstić information content (AvgIpc) is 0. The Labute approximate surface area is 106 Å². The molecule has 0 saturated carbocycles. The van der Waals surface area contributed by atoms with E-state index in [2.05, 4.69) is 0 Å². The van der Waals surface area contributed by atoms with Crippen molar-refractivity contribution in [3.63, 3.8) is 0 Å². The fraction of sp³-hybridized carbons (Fsp3) is 0. The molecule has 0 atom stereocenters. The molecule has 84 valence electrons. The first kappa shape index (κ1) is 1110. The van der Waals surface area contributed by atoms with E-state index in [0.717, 1.165) is 0 Å². The molecule has 0 fully saturated rings. The van der Waals surface area contributed by atoms with Crippen molar-refractivity contribution >= 4 is 48.9 Å². The number of hydrogen-bond donors (Lipinski definition) is 0. The third-order valence-corrected chi connectivity index (χ3v) is 0. The summed E-state index contributed by atoms with van der Waals surface area (Å²) in [7, 11) is 0. The van der Waals surface area contributed by atoms with Gasteiger partial charge >= 0.3 is 48.9 Å². The Kier molecular flexibility index (Phi) is 84800. The van der Waals surface area contributed by atoms with E-state index in [1.54, 1.807) is 0 Å². The van der Waals surface area contributed by atoms with Crippen LogP contribution >= 0.6 is 0 Å². The summed E-state index contributed by atoms with van der Waals surface area (Å²) >= 11 is 0. The van der Waals surface area contributed by atoms with E-state index in [1.807, 2.05) is 0 Å². The second-order valence-corrected chi connectivity index (χ2v) is 0. The van der Waals surface area contributed by atoms with Gasteiger partial charge in [-0.25, -0.2) is 0 Å². The second-order valence-electron chi connectivity index (χ2n) is 0. The molecule has 0 radical (unpaired) electrons. The molecule has 11 heavy (non-hydrogen) atoms. The summed E-state index contributed by atoms with van der Waals surface area (Å²) in [6, 6.07) is 0. The molecule has 0 amide bonds. The van der Waals surface area contributed by atoms with E-state index < -0.39 is 0 Å². The molecule has 0 spiro atoms. The first-order valence-corrected chi connectivity index (χ1v) is 0. The van der Waals surface area contributed by atoms with Crippen molar-refractivity contribution in [1.29, 1.82) is 0 Å². The summed E-state index contributed by atoms with van der Waals surface area (Å²) in [5.41, 5.74) is 0. The van der Waals surface area contributed by atoms with Crippen LogP contribution in [0.4, 0.5) is 0 Å². The van der Waals surface area contributed by atoms with Crippen LogP contribution in [0.5, 0.6) is 0 Å². The molecular weight excluding hydrogens is 297 g/mol. The van der Waals surface area contributed by atoms with E-state index in [9.17, 15) is 0 Å². The molecular formula is H22BaO10. The van der Waals surface area contributed by atoms with Gasteiger partial charge in [-0.3, -0.25) is 0 Å². The molecule has 0 bridgehead atoms. The summed E-state index contributed by atoms with van der Waals surface area (Å²) in [4.78, 5) is 0. The van der Waals surface area contributed by atoms with Gasteiger partial charge in [0.2, 0.25) is 0 Å². The molecule has 0 aliphatic carbocycles. The van der Waals surface area contributed by atoms with Gasteiger partial charge in [0, 0.05) is 0 Å². The average molecular weight is 319 g/mol. The third kappa shape index (κ3) is 685. The van der Waals surface area contributed by atoms with Gasteiger partial charge < -0.3 is 57.6 Å². The molecule has 0 saturated heterocycles. The maximum atomic E-state index is 0. The van der Waals surface area contributed by atoms with Crippen LogP contribution in [-0.4, -0.2) is 104 Å². The van der Waals surface area contributed by atoms with Crippen LogP contribution in [0.3, 0.4) is 0 Å². The first-order valence-electron chi connectivity index (χ1n) is 0. The number of rotatable bonds is 0. The predicted octanol–water partition coefficient (Wildman–Crippen LogP) is -8.40. The normalized spacial score (nSPS) is 0. The summed E-state index contributed by atoms with van der Waals surface area (Å²) in [6.45, 7) is 0. The molecule has 0 aliphatic rings. The SMILES string of the molecule is O.O.O.O.O.O.O.O.O.O.[Ba+2].[H-].[H-]. The third-order valence-electron chi connectivity index (χ3n) is 0. The van der Waals surface area contributed by atoms with Gasteiger partial charge in [0.1, 0.15) is 0 Å². The van der Waals surface area contributed by atoms with Gasteiger partial charge in [-0.1, -0.05) is 0 Å². The summed E-state index contributed by atoms with van der Waals surface area (Å²) < 4.78 is 0. The van der Waals surface area contributed by atoms with Crippen molar-refractivity contribution in [1.82, 2.24) is 0 Å². The van der Waals surface area contributed by atoms with Gasteiger partial charge in [-0.15, -0.1) is 0 Å². The topological polar surface area (TPSA) is 315 Å². The van der Waals surface area contributed by atoms with E-state index >= 15 is 0 Å². The fourth-order valence-electron chi connectivity index (χ4n) is 0. The summed E-state index contributed by atoms with van der Waals surface area (Å²) in [5.74, 6) is 0. The molecule has 0 aromatic carbocycles. The van der Waals surface area contributed by atoms with Gasteiger partial charge in [-0.2, -0.15) is 0 Å². The quantitative estimate of drug-likeness (QED) is 0.375. The van der Waals surface area contributed by atoms with Crippen LogP contribution in [0.2, 0.25) is 0 Å². The maximum Gasteiger partial charge on any atom is 2.00 e. The number of hydrogen-bond acceptors (Lipinski definition) is 0. The Hall–Kier alpha value is 1.17. The summed E-state index contributed by atoms with van der Waals surface area (Å²) in [5, 5.41) is 0. The Morgan fingerprint density at radius 2 is 0.273 bits per heavy atom. The van der Waals surface area contributed by atoms with Crippen molar-refractivity contribution in [3.8, 4) is 0 Å². The molecule has 0 rings (SSSR count). The molecule has 0 aromatic rings. The van der Waals surface area contributed by atoms with E-state index in [-0.39, 0.29) is 106 Å². The zero-order chi connectivity index (χ0) is 0. The molecule has 0 unspecified atom stereocenters. The minimum absolute atomic E-state index is 0. The molecule has 11 heteroatoms. The maximum absolute atomic E-state index is 0. The predicted molar refractivity (Wildman–Crippen MR) is 44.1 cm³/mol. The van der Waals surface area contributed by atoms with Gasteiger partial charge in [-0.05, 0) is 0 Å². The Bertz CT molecular complexity index is 12.9. The van der Waals surface area contributed by atoms with Crippen molar-refractivity contribution in [3.05, 3.63) is 0 Å². The molecule has 20 N–H and O–H groups in total. The second kappa shape index (κ2) is 842. The van der Waals surface area contributed by atoms with E-state index in [4.69, 9.17) is 0 Å². The molecule has 0 heterocycles. The van der Waals surface area contributed by atoms with E-state index in [1.165, 1.54) is 0 Å². The Morgan fingerprint density at radius 3 is 0.273 bits per heavy atom. The van der Waals surface area contributed by atoms with Crippen molar-refractivity contribution < 1.29 is 57.6 Å². The van der Waals surface area contributed by atoms with Gasteiger partial charge in [0.15, 0.2) is 0 Å². The smallest absolute Gasteiger partial charge is 1.00 e. The van der Waals surface area contributed by atoms with E-state index in [0.29, 0.717) is 0 Å². The molecule has 10 nitrogen and oxygen atoms in total. The zero-order valence-electron chi connectivity index (χ0n) is 7.71. The minimum atomic E-state index is 0. The minimum Gasteiger partial charge on any atom is -1.00 e. The molecule has 0 aliphatic heterocycles. The van der Waals surface area contributed by atoms with Crippen LogP contribution < -0.4 is 0 Å². The standard InChI is InChI=1S/Ba.10H2O.2H/h;10*1H2;;/q+2;;;;;;;;;;;2*-1. The Morgan fingerprint density at radius 1 is 0.273 bits per heavy atom. The fourth-order valence-corrected chi connectivity index (χ4v) is 0. The van der Waals surface area contributed by atoms with Crippen LogP contribution in [0, 0.1) is 0 Å². The Balaban J connectivity index is 0. The largest absolute Gasteiger partial charge is 2.00 e. The van der Waals surface area contributed by atoms with Crippen LogP contribution in [0.15, 0.2) is 0 Å². The molecule has 0 aromatic heterocycles. The van der Waals surface area contributed by atoms with Gasteiger partial charge in [0.05, 0.1) is 0 Å².